The van der Waals surface area contributed by atoms with Crippen molar-refractivity contribution in [3.63, 3.8) is 0 Å². The van der Waals surface area contributed by atoms with Gasteiger partial charge in [0.15, 0.2) is 0 Å². The van der Waals surface area contributed by atoms with E-state index in [9.17, 15) is 17.6 Å². The van der Waals surface area contributed by atoms with E-state index in [1.807, 2.05) is 6.92 Å². The van der Waals surface area contributed by atoms with E-state index in [2.05, 4.69) is 0 Å². The van der Waals surface area contributed by atoms with E-state index in [-0.39, 0.29) is 36.7 Å². The number of rotatable bonds is 2. The average Bonchev–Trinajstić information content (AvgIpc) is 2.46. The van der Waals surface area contributed by atoms with Gasteiger partial charge in [0.1, 0.15) is 23.6 Å². The van der Waals surface area contributed by atoms with Crippen LogP contribution in [0.15, 0.2) is 41.8 Å². The van der Waals surface area contributed by atoms with Crippen molar-refractivity contribution in [2.45, 2.75) is 25.3 Å². The molecule has 1 aliphatic heterocycles. The van der Waals surface area contributed by atoms with Gasteiger partial charge in [-0.15, -0.1) is 0 Å². The molecule has 124 valence electrons. The molecule has 0 saturated carbocycles. The molecule has 1 saturated heterocycles. The van der Waals surface area contributed by atoms with Crippen molar-refractivity contribution in [1.29, 1.82) is 0 Å². The van der Waals surface area contributed by atoms with E-state index in [0.717, 1.165) is 18.2 Å². The first-order valence-electron chi connectivity index (χ1n) is 7.36. The third kappa shape index (κ3) is 3.19. The number of halogens is 4. The molecule has 3 rings (SSSR count). The Bertz CT molecular complexity index is 640. The molecule has 2 nitrogen and oxygen atoms in total. The Hall–Kier alpha value is -1.66. The van der Waals surface area contributed by atoms with E-state index in [0.29, 0.717) is 6.07 Å². The van der Waals surface area contributed by atoms with Gasteiger partial charge in [0.2, 0.25) is 5.79 Å². The summed E-state index contributed by atoms with van der Waals surface area (Å²) in [4.78, 5) is 0. The van der Waals surface area contributed by atoms with Gasteiger partial charge in [0.25, 0.3) is 0 Å². The third-order valence-electron chi connectivity index (χ3n) is 3.83. The average molecular weight is 328 g/mol. The molecule has 1 aromatic carbocycles. The predicted molar refractivity (Wildman–Crippen MR) is 75.9 cm³/mol. The van der Waals surface area contributed by atoms with Crippen LogP contribution in [0.4, 0.5) is 17.6 Å². The fraction of sp³-hybridized carbons (Fsp3) is 0.412. The largest absolute Gasteiger partial charge is 0.342 e. The van der Waals surface area contributed by atoms with Crippen LogP contribution >= 0.6 is 0 Å². The van der Waals surface area contributed by atoms with Crippen molar-refractivity contribution < 1.29 is 27.0 Å². The quantitative estimate of drug-likeness (QED) is 0.753. The van der Waals surface area contributed by atoms with Crippen LogP contribution in [0.2, 0.25) is 0 Å². The van der Waals surface area contributed by atoms with E-state index in [4.69, 9.17) is 9.47 Å². The molecule has 0 amide bonds. The predicted octanol–water partition coefficient (Wildman–Crippen LogP) is 4.32. The monoisotopic (exact) mass is 328 g/mol. The van der Waals surface area contributed by atoms with Crippen LogP contribution in [0.25, 0.3) is 0 Å². The minimum absolute atomic E-state index is 0.0336. The van der Waals surface area contributed by atoms with Crippen molar-refractivity contribution in [2.75, 3.05) is 13.2 Å². The van der Waals surface area contributed by atoms with E-state index in [1.165, 1.54) is 6.08 Å². The van der Waals surface area contributed by atoms with Gasteiger partial charge in [0, 0.05) is 29.5 Å². The number of hydrogen-bond acceptors (Lipinski definition) is 2. The zero-order valence-electron chi connectivity index (χ0n) is 12.5. The number of allylic oxidation sites excluding steroid dienone is 2. The fourth-order valence-corrected chi connectivity index (χ4v) is 2.77. The zero-order valence-corrected chi connectivity index (χ0v) is 12.5. The second-order valence-corrected chi connectivity index (χ2v) is 5.94. The summed E-state index contributed by atoms with van der Waals surface area (Å²) < 4.78 is 66.1. The first kappa shape index (κ1) is 16.2. The van der Waals surface area contributed by atoms with Crippen LogP contribution in [0.5, 0.6) is 0 Å². The van der Waals surface area contributed by atoms with Gasteiger partial charge in [-0.05, 0) is 24.3 Å². The first-order valence-corrected chi connectivity index (χ1v) is 7.36. The molecule has 2 aliphatic rings. The van der Waals surface area contributed by atoms with E-state index in [1.54, 1.807) is 0 Å². The lowest BCUT2D eigenvalue weighted by Gasteiger charge is -2.41. The molecular formula is C17H16F4O2. The highest BCUT2D eigenvalue weighted by molar-refractivity contribution is 5.41. The summed E-state index contributed by atoms with van der Waals surface area (Å²) >= 11 is 0. The second-order valence-electron chi connectivity index (χ2n) is 5.94. The second kappa shape index (κ2) is 6.09. The van der Waals surface area contributed by atoms with Gasteiger partial charge in [0.05, 0.1) is 13.2 Å². The van der Waals surface area contributed by atoms with Crippen LogP contribution in [0.3, 0.4) is 0 Å². The van der Waals surface area contributed by atoms with Gasteiger partial charge in [-0.1, -0.05) is 6.92 Å². The summed E-state index contributed by atoms with van der Waals surface area (Å²) in [6.07, 6.45) is 0.362. The Morgan fingerprint density at radius 1 is 1.04 bits per heavy atom. The highest BCUT2D eigenvalue weighted by atomic mass is 19.1. The SMILES string of the molecule is CC1COC(C2=CC(F)CC(F)=C2)(c2cc(F)cc(F)c2)OC1. The van der Waals surface area contributed by atoms with E-state index >= 15 is 0 Å². The van der Waals surface area contributed by atoms with Crippen molar-refractivity contribution in [1.82, 2.24) is 0 Å². The maximum absolute atomic E-state index is 13.7. The summed E-state index contributed by atoms with van der Waals surface area (Å²) in [5, 5.41) is 0. The molecule has 0 aromatic heterocycles. The Morgan fingerprint density at radius 3 is 2.22 bits per heavy atom. The van der Waals surface area contributed by atoms with Gasteiger partial charge in [-0.25, -0.2) is 17.6 Å². The standard InChI is InChI=1S/C17H16F4O2/c1-10-8-22-17(23-9-10,11-2-13(18)6-14(19)3-11)12-4-15(20)7-16(21)5-12/h2-6,10,15H,7-9H2,1H3. The molecule has 23 heavy (non-hydrogen) atoms. The highest BCUT2D eigenvalue weighted by Crippen LogP contribution is 2.42. The van der Waals surface area contributed by atoms with Crippen molar-refractivity contribution in [3.05, 3.63) is 58.9 Å². The van der Waals surface area contributed by atoms with Gasteiger partial charge in [-0.2, -0.15) is 0 Å². The molecule has 1 fully saturated rings. The van der Waals surface area contributed by atoms with Crippen LogP contribution in [0, 0.1) is 17.6 Å². The molecule has 1 atom stereocenters. The Kier molecular flexibility index (Phi) is 4.29. The Balaban J connectivity index is 2.11. The summed E-state index contributed by atoms with van der Waals surface area (Å²) in [5.41, 5.74) is 0.108. The van der Waals surface area contributed by atoms with E-state index < -0.39 is 29.4 Å². The number of alkyl halides is 1. The summed E-state index contributed by atoms with van der Waals surface area (Å²) in [7, 11) is 0. The van der Waals surface area contributed by atoms with Crippen LogP contribution in [0.1, 0.15) is 18.9 Å². The number of hydrogen-bond donors (Lipinski definition) is 0. The minimum atomic E-state index is -1.71. The highest BCUT2D eigenvalue weighted by Gasteiger charge is 2.43. The molecule has 1 unspecified atom stereocenters. The maximum Gasteiger partial charge on any atom is 0.222 e. The molecule has 1 heterocycles. The summed E-state index contributed by atoms with van der Waals surface area (Å²) in [6, 6.07) is 2.81. The summed E-state index contributed by atoms with van der Waals surface area (Å²) in [5.74, 6) is -3.96. The van der Waals surface area contributed by atoms with Crippen LogP contribution < -0.4 is 0 Å². The lowest BCUT2D eigenvalue weighted by molar-refractivity contribution is -0.266. The normalized spacial score (nSPS) is 31.5. The number of ether oxygens (including phenoxy) is 2. The lowest BCUT2D eigenvalue weighted by Crippen LogP contribution is -2.43. The molecule has 1 aromatic rings. The summed E-state index contributed by atoms with van der Waals surface area (Å²) in [6.45, 7) is 2.35. The van der Waals surface area contributed by atoms with Gasteiger partial charge in [-0.3, -0.25) is 0 Å². The maximum atomic E-state index is 13.7. The Morgan fingerprint density at radius 2 is 1.65 bits per heavy atom. The first-order chi connectivity index (χ1) is 10.9. The minimum Gasteiger partial charge on any atom is -0.342 e. The van der Waals surface area contributed by atoms with Crippen molar-refractivity contribution in [3.8, 4) is 0 Å². The third-order valence-corrected chi connectivity index (χ3v) is 3.83. The molecular weight excluding hydrogens is 312 g/mol. The molecule has 0 N–H and O–H groups in total. The fourth-order valence-electron chi connectivity index (χ4n) is 2.77. The van der Waals surface area contributed by atoms with Crippen molar-refractivity contribution in [2.24, 2.45) is 5.92 Å². The molecule has 0 radical (unpaired) electrons. The molecule has 1 aliphatic carbocycles. The van der Waals surface area contributed by atoms with Crippen LogP contribution in [-0.2, 0) is 15.3 Å². The smallest absolute Gasteiger partial charge is 0.222 e. The molecule has 0 bridgehead atoms. The Labute approximate surface area is 131 Å². The molecule has 0 spiro atoms. The zero-order chi connectivity index (χ0) is 16.6. The van der Waals surface area contributed by atoms with Crippen molar-refractivity contribution >= 4 is 0 Å². The van der Waals surface area contributed by atoms with Crippen LogP contribution in [-0.4, -0.2) is 19.4 Å². The van der Waals surface area contributed by atoms with Gasteiger partial charge < -0.3 is 9.47 Å². The van der Waals surface area contributed by atoms with Gasteiger partial charge >= 0.3 is 0 Å². The number of benzene rings is 1. The molecule has 6 heteroatoms. The topological polar surface area (TPSA) is 18.5 Å². The lowest BCUT2D eigenvalue weighted by atomic mass is 9.90.